The van der Waals surface area contributed by atoms with Crippen LogP contribution in [0.1, 0.15) is 32.2 Å². The quantitative estimate of drug-likeness (QED) is 0.838. The van der Waals surface area contributed by atoms with Crippen molar-refractivity contribution in [1.29, 1.82) is 0 Å². The van der Waals surface area contributed by atoms with Crippen LogP contribution in [0.15, 0.2) is 28.8 Å². The molecule has 140 valence electrons. The van der Waals surface area contributed by atoms with Gasteiger partial charge in [-0.25, -0.2) is 9.78 Å². The van der Waals surface area contributed by atoms with E-state index in [1.807, 2.05) is 0 Å². The normalized spacial score (nSPS) is 11.3. The van der Waals surface area contributed by atoms with Gasteiger partial charge in [0.2, 0.25) is 5.88 Å². The second-order valence-corrected chi connectivity index (χ2v) is 5.44. The number of furan rings is 1. The minimum absolute atomic E-state index is 0.00804. The van der Waals surface area contributed by atoms with E-state index in [1.165, 1.54) is 31.0 Å². The Hall–Kier alpha value is -3.04. The van der Waals surface area contributed by atoms with Crippen LogP contribution in [-0.4, -0.2) is 46.7 Å². The molecule has 0 saturated carbocycles. The van der Waals surface area contributed by atoms with Crippen LogP contribution in [0, 0.1) is 6.92 Å². The molecule has 2 aromatic rings. The number of carboxylic acid groups (broad SMARTS) is 1. The van der Waals surface area contributed by atoms with Crippen LogP contribution in [-0.2, 0) is 6.54 Å². The Bertz CT molecular complexity index is 799. The molecule has 0 unspecified atom stereocenters. The molecular weight excluding hydrogens is 357 g/mol. The first-order valence-corrected chi connectivity index (χ1v) is 7.30. The highest BCUT2D eigenvalue weighted by molar-refractivity contribution is 5.93. The van der Waals surface area contributed by atoms with Crippen molar-refractivity contribution in [2.75, 3.05) is 13.7 Å². The van der Waals surface area contributed by atoms with Gasteiger partial charge in [0, 0.05) is 19.3 Å². The highest BCUT2D eigenvalue weighted by Crippen LogP contribution is 2.19. The van der Waals surface area contributed by atoms with E-state index >= 15 is 0 Å². The maximum Gasteiger partial charge on any atom is 0.422 e. The van der Waals surface area contributed by atoms with Crippen molar-refractivity contribution in [3.63, 3.8) is 0 Å². The molecule has 0 aliphatic rings. The molecular formula is C16H15F3N2O5. The van der Waals surface area contributed by atoms with Gasteiger partial charge in [-0.15, -0.1) is 0 Å². The maximum atomic E-state index is 12.3. The van der Waals surface area contributed by atoms with E-state index in [-0.39, 0.29) is 35.1 Å². The Kier molecular flexibility index (Phi) is 5.53. The number of pyridine rings is 1. The number of aromatic carboxylic acids is 1. The fraction of sp³-hybridized carbons (Fsp3) is 0.312. The molecule has 0 aliphatic carbocycles. The van der Waals surface area contributed by atoms with E-state index in [0.717, 1.165) is 12.3 Å². The summed E-state index contributed by atoms with van der Waals surface area (Å²) in [4.78, 5) is 28.2. The van der Waals surface area contributed by atoms with E-state index in [1.54, 1.807) is 0 Å². The predicted octanol–water partition coefficient (Wildman–Crippen LogP) is 2.89. The molecule has 0 bridgehead atoms. The van der Waals surface area contributed by atoms with E-state index < -0.39 is 24.7 Å². The summed E-state index contributed by atoms with van der Waals surface area (Å²) < 4.78 is 46.0. The molecule has 0 radical (unpaired) electrons. The van der Waals surface area contributed by atoms with Crippen molar-refractivity contribution in [2.24, 2.45) is 0 Å². The molecule has 0 aliphatic heterocycles. The summed E-state index contributed by atoms with van der Waals surface area (Å²) in [7, 11) is 1.47. The molecule has 0 fully saturated rings. The Morgan fingerprint density at radius 3 is 2.54 bits per heavy atom. The summed E-state index contributed by atoms with van der Waals surface area (Å²) >= 11 is 0. The molecule has 1 amide bonds. The fourth-order valence-electron chi connectivity index (χ4n) is 2.11. The smallest absolute Gasteiger partial charge is 0.422 e. The highest BCUT2D eigenvalue weighted by Gasteiger charge is 2.28. The average molecular weight is 372 g/mol. The van der Waals surface area contributed by atoms with Gasteiger partial charge in [-0.3, -0.25) is 4.79 Å². The van der Waals surface area contributed by atoms with E-state index in [4.69, 9.17) is 9.52 Å². The van der Waals surface area contributed by atoms with Gasteiger partial charge < -0.3 is 19.2 Å². The molecule has 2 aromatic heterocycles. The van der Waals surface area contributed by atoms with Gasteiger partial charge in [-0.05, 0) is 19.1 Å². The number of carboxylic acids is 1. The topological polar surface area (TPSA) is 92.9 Å². The second-order valence-electron chi connectivity index (χ2n) is 5.44. The predicted molar refractivity (Wildman–Crippen MR) is 82.0 cm³/mol. The molecule has 2 heterocycles. The molecule has 7 nitrogen and oxygen atoms in total. The summed E-state index contributed by atoms with van der Waals surface area (Å²) in [5, 5.41) is 8.99. The minimum atomic E-state index is -4.48. The molecule has 0 atom stereocenters. The minimum Gasteiger partial charge on any atom is -0.478 e. The number of ether oxygens (including phenoxy) is 1. The Labute approximate surface area is 146 Å². The molecule has 0 saturated heterocycles. The zero-order chi connectivity index (χ0) is 19.5. The van der Waals surface area contributed by atoms with Crippen LogP contribution < -0.4 is 4.74 Å². The Morgan fingerprint density at radius 1 is 1.35 bits per heavy atom. The van der Waals surface area contributed by atoms with Crippen molar-refractivity contribution in [2.45, 2.75) is 19.6 Å². The number of carbonyl (C=O) groups is 2. The van der Waals surface area contributed by atoms with Crippen molar-refractivity contribution >= 4 is 11.9 Å². The van der Waals surface area contributed by atoms with Crippen LogP contribution in [0.2, 0.25) is 0 Å². The van der Waals surface area contributed by atoms with Gasteiger partial charge in [0.05, 0.1) is 12.1 Å². The number of aromatic nitrogens is 1. The first-order chi connectivity index (χ1) is 12.1. The van der Waals surface area contributed by atoms with Crippen molar-refractivity contribution in [3.8, 4) is 5.88 Å². The largest absolute Gasteiger partial charge is 0.478 e. The lowest BCUT2D eigenvalue weighted by Crippen LogP contribution is -2.26. The van der Waals surface area contributed by atoms with Gasteiger partial charge in [0.25, 0.3) is 5.91 Å². The lowest BCUT2D eigenvalue weighted by Gasteiger charge is -2.15. The van der Waals surface area contributed by atoms with Gasteiger partial charge in [0.1, 0.15) is 17.1 Å². The summed E-state index contributed by atoms with van der Waals surface area (Å²) in [6.07, 6.45) is -3.38. The molecule has 26 heavy (non-hydrogen) atoms. The Morgan fingerprint density at radius 2 is 2.04 bits per heavy atom. The third kappa shape index (κ3) is 4.98. The highest BCUT2D eigenvalue weighted by atomic mass is 19.4. The third-order valence-corrected chi connectivity index (χ3v) is 3.31. The monoisotopic (exact) mass is 372 g/mol. The number of halogens is 3. The number of alkyl halides is 3. The number of carbonyl (C=O) groups excluding carboxylic acids is 1. The Balaban J connectivity index is 2.01. The number of aryl methyl sites for hydroxylation is 1. The molecule has 1 N–H and O–H groups in total. The van der Waals surface area contributed by atoms with Crippen molar-refractivity contribution in [3.05, 3.63) is 47.0 Å². The first-order valence-electron chi connectivity index (χ1n) is 7.30. The number of amides is 1. The molecule has 2 rings (SSSR count). The number of rotatable bonds is 6. The van der Waals surface area contributed by atoms with E-state index in [9.17, 15) is 22.8 Å². The summed E-state index contributed by atoms with van der Waals surface area (Å²) in [6, 6.07) is 3.77. The average Bonchev–Trinajstić information content (AvgIpc) is 2.92. The summed E-state index contributed by atoms with van der Waals surface area (Å²) in [5.41, 5.74) is 0.141. The standard InChI is InChI=1S/C16H15F3N2O5/c1-9-12(15(23)24)5-11(26-9)7-21(2)14(22)10-3-4-13(20-6-10)25-8-16(17,18)19/h3-6H,7-8H2,1-2H3,(H,23,24). The second kappa shape index (κ2) is 7.46. The first kappa shape index (κ1) is 19.3. The summed E-state index contributed by atoms with van der Waals surface area (Å²) in [5.74, 6) is -1.35. The van der Waals surface area contributed by atoms with Crippen molar-refractivity contribution < 1.29 is 37.0 Å². The lowest BCUT2D eigenvalue weighted by molar-refractivity contribution is -0.154. The van der Waals surface area contributed by atoms with Crippen molar-refractivity contribution in [1.82, 2.24) is 9.88 Å². The number of hydrogen-bond acceptors (Lipinski definition) is 5. The lowest BCUT2D eigenvalue weighted by atomic mass is 10.2. The van der Waals surface area contributed by atoms with Crippen LogP contribution in [0.25, 0.3) is 0 Å². The third-order valence-electron chi connectivity index (χ3n) is 3.31. The van der Waals surface area contributed by atoms with Gasteiger partial charge in [-0.2, -0.15) is 13.2 Å². The van der Waals surface area contributed by atoms with E-state index in [0.29, 0.717) is 0 Å². The van der Waals surface area contributed by atoms with Crippen LogP contribution in [0.5, 0.6) is 5.88 Å². The van der Waals surface area contributed by atoms with Gasteiger partial charge in [0.15, 0.2) is 6.61 Å². The van der Waals surface area contributed by atoms with Gasteiger partial charge >= 0.3 is 12.1 Å². The van der Waals surface area contributed by atoms with Crippen LogP contribution >= 0.6 is 0 Å². The zero-order valence-electron chi connectivity index (χ0n) is 13.8. The maximum absolute atomic E-state index is 12.3. The fourth-order valence-corrected chi connectivity index (χ4v) is 2.11. The van der Waals surface area contributed by atoms with Crippen LogP contribution in [0.3, 0.4) is 0 Å². The SMILES string of the molecule is Cc1oc(CN(C)C(=O)c2ccc(OCC(F)(F)F)nc2)cc1C(=O)O. The number of hydrogen-bond donors (Lipinski definition) is 1. The zero-order valence-corrected chi connectivity index (χ0v) is 13.8. The summed E-state index contributed by atoms with van der Waals surface area (Å²) in [6.45, 7) is 0.0363. The number of nitrogens with zero attached hydrogens (tertiary/aromatic N) is 2. The molecule has 0 spiro atoms. The van der Waals surface area contributed by atoms with Gasteiger partial charge in [-0.1, -0.05) is 0 Å². The van der Waals surface area contributed by atoms with E-state index in [2.05, 4.69) is 9.72 Å². The molecule has 10 heteroatoms. The molecule has 0 aromatic carbocycles. The van der Waals surface area contributed by atoms with Crippen LogP contribution in [0.4, 0.5) is 13.2 Å².